The lowest BCUT2D eigenvalue weighted by molar-refractivity contribution is -0.699. The predicted molar refractivity (Wildman–Crippen MR) is 177 cm³/mol. The molecular weight excluding hydrogens is 598 g/mol. The van der Waals surface area contributed by atoms with E-state index in [1.165, 1.54) is 0 Å². The summed E-state index contributed by atoms with van der Waals surface area (Å²) in [5.74, 6) is -1.07. The number of aliphatic hydroxyl groups is 2. The van der Waals surface area contributed by atoms with Crippen LogP contribution in [0.25, 0.3) is 0 Å². The van der Waals surface area contributed by atoms with Crippen molar-refractivity contribution in [2.24, 2.45) is 35.3 Å². The molecule has 10 nitrogen and oxygen atoms in total. The van der Waals surface area contributed by atoms with Crippen LogP contribution in [-0.2, 0) is 23.9 Å². The summed E-state index contributed by atoms with van der Waals surface area (Å²) in [6, 6.07) is 0.288. The molecule has 0 radical (unpaired) electrons. The maximum absolute atomic E-state index is 14.5. The highest BCUT2D eigenvalue weighted by Crippen LogP contribution is 2.62. The number of allylic oxidation sites excluding steroid dienone is 1. The first-order valence-electron chi connectivity index (χ1n) is 19.0. The van der Waals surface area contributed by atoms with E-state index in [0.29, 0.717) is 43.1 Å². The molecule has 3 saturated carbocycles. The second kappa shape index (κ2) is 15.9. The Kier molecular flexibility index (Phi) is 12.4. The second-order valence-electron chi connectivity index (χ2n) is 15.5. The fraction of sp³-hybridized carbons (Fsp3) is 0.865. The lowest BCUT2D eigenvalue weighted by Crippen LogP contribution is -2.94. The SMILES string of the molecule is CC[NH2+]C1CCC(CC)CC1C(CCCO)OC(=O)C12OC1(CC(CO)=C(C)CCC1CC[NH2+]C(N)C1)C(=O)C1CCCCC1C2=O. The van der Waals surface area contributed by atoms with Gasteiger partial charge in [0.15, 0.2) is 17.2 Å². The van der Waals surface area contributed by atoms with E-state index in [0.717, 1.165) is 82.9 Å². The van der Waals surface area contributed by atoms with Gasteiger partial charge in [-0.1, -0.05) is 31.8 Å². The van der Waals surface area contributed by atoms with Crippen molar-refractivity contribution in [2.45, 2.75) is 147 Å². The van der Waals surface area contributed by atoms with E-state index in [1.54, 1.807) is 0 Å². The molecule has 10 heteroatoms. The molecule has 3 aliphatic carbocycles. The summed E-state index contributed by atoms with van der Waals surface area (Å²) in [4.78, 5) is 43.4. The number of ketones is 2. The van der Waals surface area contributed by atoms with Crippen LogP contribution < -0.4 is 16.4 Å². The molecule has 47 heavy (non-hydrogen) atoms. The van der Waals surface area contributed by atoms with Gasteiger partial charge in [-0.25, -0.2) is 4.79 Å². The van der Waals surface area contributed by atoms with Gasteiger partial charge in [0.25, 0.3) is 5.60 Å². The van der Waals surface area contributed by atoms with Crippen LogP contribution in [0.4, 0.5) is 0 Å². The van der Waals surface area contributed by atoms with Gasteiger partial charge in [-0.2, -0.15) is 0 Å². The molecule has 5 aliphatic rings. The zero-order valence-electron chi connectivity index (χ0n) is 29.2. The van der Waals surface area contributed by atoms with Crippen LogP contribution >= 0.6 is 0 Å². The fourth-order valence-electron chi connectivity index (χ4n) is 9.82. The van der Waals surface area contributed by atoms with Gasteiger partial charge in [-0.3, -0.25) is 15.3 Å². The quantitative estimate of drug-likeness (QED) is 0.0763. The van der Waals surface area contributed by atoms with E-state index in [-0.39, 0.29) is 49.3 Å². The minimum absolute atomic E-state index is 0.0120. The number of piperidine rings is 1. The molecule has 0 aromatic rings. The van der Waals surface area contributed by atoms with Gasteiger partial charge in [-0.05, 0) is 95.5 Å². The Labute approximate surface area is 281 Å². The summed E-state index contributed by atoms with van der Waals surface area (Å²) in [5.41, 5.74) is 4.25. The molecule has 0 aromatic carbocycles. The molecule has 2 saturated heterocycles. The Morgan fingerprint density at radius 3 is 2.47 bits per heavy atom. The summed E-state index contributed by atoms with van der Waals surface area (Å²) in [6.07, 6.45) is 11.5. The van der Waals surface area contributed by atoms with E-state index in [1.807, 2.05) is 6.92 Å². The van der Waals surface area contributed by atoms with Gasteiger partial charge in [0.1, 0.15) is 12.3 Å². The molecule has 2 heterocycles. The number of quaternary nitrogens is 2. The lowest BCUT2D eigenvalue weighted by atomic mass is 9.60. The smallest absolute Gasteiger partial charge is 0.350 e. The van der Waals surface area contributed by atoms with Crippen molar-refractivity contribution in [3.8, 4) is 0 Å². The number of hydrogen-bond donors (Lipinski definition) is 5. The monoisotopic (exact) mass is 661 g/mol. The second-order valence-corrected chi connectivity index (χ2v) is 15.5. The number of carbonyl (C=O) groups is 3. The standard InChI is InChI=1S/C37H61N3O7/c1-4-24-14-15-30(39-5-2)29(19-24)31(11-8-18-41)46-35(45)37-34(44)28-10-7-6-9-27(28)33(43)36(37,47-37)21-26(22-42)23(3)12-13-25-16-17-40-32(38)20-25/h24-25,27-32,39-42H,4-22,38H2,1-3H3/p+2. The van der Waals surface area contributed by atoms with E-state index in [9.17, 15) is 24.6 Å². The van der Waals surface area contributed by atoms with Crippen LogP contribution in [0.5, 0.6) is 0 Å². The van der Waals surface area contributed by atoms with E-state index in [4.69, 9.17) is 15.2 Å². The first kappa shape index (κ1) is 36.6. The van der Waals surface area contributed by atoms with Crippen molar-refractivity contribution in [3.63, 3.8) is 0 Å². The summed E-state index contributed by atoms with van der Waals surface area (Å²) >= 11 is 0. The van der Waals surface area contributed by atoms with Crippen molar-refractivity contribution >= 4 is 17.5 Å². The van der Waals surface area contributed by atoms with Crippen LogP contribution in [0, 0.1) is 29.6 Å². The van der Waals surface area contributed by atoms with E-state index < -0.39 is 35.1 Å². The Morgan fingerprint density at radius 2 is 1.81 bits per heavy atom. The number of Topliss-reactive ketones (excluding diaryl/α,β-unsaturated/α-hetero) is 2. The van der Waals surface area contributed by atoms with Gasteiger partial charge in [-0.15, -0.1) is 0 Å². The Balaban J connectivity index is 1.43. The molecule has 10 unspecified atom stereocenters. The Morgan fingerprint density at radius 1 is 1.06 bits per heavy atom. The molecule has 0 amide bonds. The minimum Gasteiger partial charge on any atom is -0.459 e. The molecular formula is C37H63N3O7+2. The largest absolute Gasteiger partial charge is 0.459 e. The first-order chi connectivity index (χ1) is 22.6. The zero-order chi connectivity index (χ0) is 33.8. The Hall–Kier alpha value is -1.69. The van der Waals surface area contributed by atoms with E-state index in [2.05, 4.69) is 24.5 Å². The van der Waals surface area contributed by atoms with Gasteiger partial charge in [0.2, 0.25) is 0 Å². The third kappa shape index (κ3) is 7.29. The van der Waals surface area contributed by atoms with Gasteiger partial charge in [0.05, 0.1) is 25.7 Å². The average Bonchev–Trinajstić information content (AvgIpc) is 3.79. The third-order valence-corrected chi connectivity index (χ3v) is 12.7. The molecule has 10 atom stereocenters. The van der Waals surface area contributed by atoms with Crippen LogP contribution in [-0.4, -0.2) is 83.6 Å². The van der Waals surface area contributed by atoms with Crippen LogP contribution in [0.15, 0.2) is 11.1 Å². The number of rotatable bonds is 15. The van der Waals surface area contributed by atoms with Crippen LogP contribution in [0.1, 0.15) is 117 Å². The maximum Gasteiger partial charge on any atom is 0.350 e. The van der Waals surface area contributed by atoms with Crippen molar-refractivity contribution in [1.82, 2.24) is 0 Å². The third-order valence-electron chi connectivity index (χ3n) is 12.7. The van der Waals surface area contributed by atoms with Crippen LogP contribution in [0.2, 0.25) is 0 Å². The van der Waals surface area contributed by atoms with Crippen molar-refractivity contribution in [3.05, 3.63) is 11.1 Å². The Bertz CT molecular complexity index is 1160. The number of hydrogen-bond acceptors (Lipinski definition) is 8. The fourth-order valence-corrected chi connectivity index (χ4v) is 9.82. The molecule has 5 fully saturated rings. The number of carbonyl (C=O) groups excluding carboxylic acids is 3. The molecule has 8 N–H and O–H groups in total. The molecule has 0 aromatic heterocycles. The van der Waals surface area contributed by atoms with Gasteiger partial charge >= 0.3 is 5.97 Å². The van der Waals surface area contributed by atoms with Crippen molar-refractivity contribution in [1.29, 1.82) is 0 Å². The van der Waals surface area contributed by atoms with Gasteiger partial charge < -0.3 is 30.3 Å². The van der Waals surface area contributed by atoms with Crippen molar-refractivity contribution in [2.75, 3.05) is 26.3 Å². The topological polar surface area (TPSA) is 173 Å². The number of epoxide rings is 1. The number of esters is 1. The minimum atomic E-state index is -1.96. The van der Waals surface area contributed by atoms with Crippen molar-refractivity contribution < 1.29 is 44.7 Å². The summed E-state index contributed by atoms with van der Waals surface area (Å²) in [5, 5.41) is 24.9. The number of aliphatic hydroxyl groups excluding tert-OH is 2. The molecule has 266 valence electrons. The normalized spacial score (nSPS) is 38.2. The zero-order valence-corrected chi connectivity index (χ0v) is 29.2. The van der Waals surface area contributed by atoms with Crippen LogP contribution in [0.3, 0.4) is 0 Å². The molecule has 5 rings (SSSR count). The molecule has 2 aliphatic heterocycles. The van der Waals surface area contributed by atoms with E-state index >= 15 is 0 Å². The summed E-state index contributed by atoms with van der Waals surface area (Å²) in [6.45, 7) is 7.99. The highest BCUT2D eigenvalue weighted by Gasteiger charge is 2.87. The number of nitrogens with two attached hydrogens (primary N) is 3. The lowest BCUT2D eigenvalue weighted by Gasteiger charge is -2.40. The van der Waals surface area contributed by atoms with Gasteiger partial charge in [0, 0.05) is 37.2 Å². The summed E-state index contributed by atoms with van der Waals surface area (Å²) in [7, 11) is 0. The summed E-state index contributed by atoms with van der Waals surface area (Å²) < 4.78 is 12.8. The number of fused-ring (bicyclic) bond motifs is 2. The average molecular weight is 662 g/mol. The highest BCUT2D eigenvalue weighted by atomic mass is 16.7. The first-order valence-corrected chi connectivity index (χ1v) is 19.0. The number of ether oxygens (including phenoxy) is 2. The maximum atomic E-state index is 14.5. The highest BCUT2D eigenvalue weighted by molar-refractivity contribution is 6.23. The molecule has 0 spiro atoms. The predicted octanol–water partition coefficient (Wildman–Crippen LogP) is 1.65. The molecule has 0 bridgehead atoms.